The van der Waals surface area contributed by atoms with Crippen molar-refractivity contribution in [2.75, 3.05) is 13.2 Å². The van der Waals surface area contributed by atoms with Crippen LogP contribution in [0.3, 0.4) is 0 Å². The number of carbonyl (C=O) groups excluding carboxylic acids is 3. The third-order valence-corrected chi connectivity index (χ3v) is 12.5. The van der Waals surface area contributed by atoms with Gasteiger partial charge in [-0.05, 0) is 128 Å². The van der Waals surface area contributed by atoms with Crippen molar-refractivity contribution in [1.29, 1.82) is 0 Å². The summed E-state index contributed by atoms with van der Waals surface area (Å²) in [7, 11) is 0. The Balaban J connectivity index is 4.29. The predicted molar refractivity (Wildman–Crippen MR) is 334 cm³/mol. The molecule has 0 rings (SSSR count). The third kappa shape index (κ3) is 61.8. The minimum absolute atomic E-state index is 0.0965. The molecular weight excluding hydrogens is 949 g/mol. The van der Waals surface area contributed by atoms with Gasteiger partial charge >= 0.3 is 17.9 Å². The van der Waals surface area contributed by atoms with Crippen LogP contribution in [0.25, 0.3) is 0 Å². The van der Waals surface area contributed by atoms with Gasteiger partial charge in [-0.1, -0.05) is 262 Å². The lowest BCUT2D eigenvalue weighted by Crippen LogP contribution is -2.30. The summed E-state index contributed by atoms with van der Waals surface area (Å²) in [4.78, 5) is 38.1. The van der Waals surface area contributed by atoms with E-state index < -0.39 is 6.10 Å². The van der Waals surface area contributed by atoms with Gasteiger partial charge in [0.2, 0.25) is 0 Å². The lowest BCUT2D eigenvalue weighted by atomic mass is 10.1. The highest BCUT2D eigenvalue weighted by Crippen LogP contribution is 2.14. The number of hydrogen-bond acceptors (Lipinski definition) is 6. The fraction of sp³-hybridized carbons (Fsp3) is 0.592. The van der Waals surface area contributed by atoms with Gasteiger partial charge in [0.25, 0.3) is 0 Å². The van der Waals surface area contributed by atoms with E-state index in [0.29, 0.717) is 19.3 Å². The van der Waals surface area contributed by atoms with Crippen LogP contribution in [0.1, 0.15) is 252 Å². The third-order valence-electron chi connectivity index (χ3n) is 12.5. The summed E-state index contributed by atoms with van der Waals surface area (Å²) in [5, 5.41) is 0. The van der Waals surface area contributed by atoms with Crippen LogP contribution < -0.4 is 0 Å². The van der Waals surface area contributed by atoms with Gasteiger partial charge in [-0.3, -0.25) is 14.4 Å². The van der Waals surface area contributed by atoms with Crippen molar-refractivity contribution in [3.8, 4) is 0 Å². The average Bonchev–Trinajstić information content (AvgIpc) is 3.43. The molecule has 0 spiro atoms. The molecule has 0 aromatic rings. The van der Waals surface area contributed by atoms with Gasteiger partial charge in [-0.25, -0.2) is 0 Å². The first kappa shape index (κ1) is 72.0. The molecule has 0 aliphatic heterocycles. The van der Waals surface area contributed by atoms with Crippen LogP contribution in [-0.4, -0.2) is 37.2 Å². The van der Waals surface area contributed by atoms with Crippen molar-refractivity contribution in [2.24, 2.45) is 0 Å². The maximum absolute atomic E-state index is 12.9. The summed E-state index contributed by atoms with van der Waals surface area (Å²) in [6.07, 6.45) is 92.6. The van der Waals surface area contributed by atoms with E-state index in [9.17, 15) is 14.4 Å². The number of unbranched alkanes of at least 4 members (excludes halogenated alkanes) is 17. The first-order valence-electron chi connectivity index (χ1n) is 31.0. The zero-order valence-electron chi connectivity index (χ0n) is 49.4. The molecule has 1 atom stereocenters. The van der Waals surface area contributed by atoms with Crippen LogP contribution >= 0.6 is 0 Å². The second kappa shape index (κ2) is 63.6. The van der Waals surface area contributed by atoms with Gasteiger partial charge in [-0.2, -0.15) is 0 Å². The minimum atomic E-state index is -0.800. The van der Waals surface area contributed by atoms with Crippen molar-refractivity contribution in [1.82, 2.24) is 0 Å². The van der Waals surface area contributed by atoms with E-state index in [4.69, 9.17) is 14.2 Å². The van der Waals surface area contributed by atoms with Crippen LogP contribution in [0.2, 0.25) is 0 Å². The molecular formula is C71H112O6. The standard InChI is InChI=1S/C71H112O6/c1-4-7-10-13-16-18-20-22-24-26-28-30-32-33-34-35-36-37-39-40-42-44-46-48-50-52-55-58-61-64-70(73)76-67-68(66-75-69(72)63-60-57-54-15-12-9-6-3)77-71(74)65-62-59-56-53-51-49-47-45-43-41-38-31-29-27-25-23-21-19-17-14-11-8-5-2/h7-8,10-11,16-19,22-25,28-31,33-34,36-37,40-43,46,48,68H,4-6,9,12-15,20-21,26-27,32,35,38-39,44-45,47,49-67H2,1-3H3/b10-7-,11-8-,18-16-,19-17-,24-22-,25-23-,30-28-,31-29-,34-33-,37-36-,42-40-,43-41-,48-46-. The number of hydrogen-bond donors (Lipinski definition) is 0. The van der Waals surface area contributed by atoms with Crippen LogP contribution in [0.15, 0.2) is 158 Å². The molecule has 0 bridgehead atoms. The summed E-state index contributed by atoms with van der Waals surface area (Å²) >= 11 is 0. The largest absolute Gasteiger partial charge is 0.462 e. The van der Waals surface area contributed by atoms with Crippen LogP contribution in [0.4, 0.5) is 0 Å². The van der Waals surface area contributed by atoms with Crippen molar-refractivity contribution < 1.29 is 28.6 Å². The van der Waals surface area contributed by atoms with Gasteiger partial charge in [0.05, 0.1) is 0 Å². The van der Waals surface area contributed by atoms with E-state index in [2.05, 4.69) is 179 Å². The molecule has 77 heavy (non-hydrogen) atoms. The SMILES string of the molecule is CC/C=C\C/C=C\C/C=C\C/C=C\C/C=C\C/C=C\C/C=C\C/C=C\CCCCCCC(=O)OCC(COC(=O)CCCCCCCCC)OC(=O)CCCCCCCCC/C=C\C/C=C\C/C=C\C/C=C\C/C=C\CC. The Labute approximate surface area is 473 Å². The lowest BCUT2D eigenvalue weighted by molar-refractivity contribution is -0.167. The first-order chi connectivity index (χ1) is 38.0. The van der Waals surface area contributed by atoms with Crippen molar-refractivity contribution in [2.45, 2.75) is 258 Å². The van der Waals surface area contributed by atoms with Gasteiger partial charge in [-0.15, -0.1) is 0 Å². The number of esters is 3. The molecule has 0 aliphatic carbocycles. The monoisotopic (exact) mass is 1060 g/mol. The number of ether oxygens (including phenoxy) is 3. The van der Waals surface area contributed by atoms with Crippen LogP contribution in [0.5, 0.6) is 0 Å². The molecule has 0 amide bonds. The van der Waals surface area contributed by atoms with E-state index in [1.807, 2.05) is 0 Å². The summed E-state index contributed by atoms with van der Waals surface area (Å²) < 4.78 is 16.8. The molecule has 6 nitrogen and oxygen atoms in total. The summed E-state index contributed by atoms with van der Waals surface area (Å²) in [5.41, 5.74) is 0. The van der Waals surface area contributed by atoms with E-state index in [1.54, 1.807) is 0 Å². The normalized spacial score (nSPS) is 13.2. The van der Waals surface area contributed by atoms with Gasteiger partial charge in [0.15, 0.2) is 6.10 Å². The maximum atomic E-state index is 12.9. The molecule has 0 aromatic heterocycles. The smallest absolute Gasteiger partial charge is 0.306 e. The van der Waals surface area contributed by atoms with Gasteiger partial charge < -0.3 is 14.2 Å². The lowest BCUT2D eigenvalue weighted by Gasteiger charge is -2.18. The van der Waals surface area contributed by atoms with E-state index in [0.717, 1.165) is 167 Å². The fourth-order valence-electron chi connectivity index (χ4n) is 7.95. The highest BCUT2D eigenvalue weighted by molar-refractivity contribution is 5.71. The predicted octanol–water partition coefficient (Wildman–Crippen LogP) is 21.3. The molecule has 0 saturated heterocycles. The topological polar surface area (TPSA) is 78.9 Å². The average molecular weight is 1060 g/mol. The van der Waals surface area contributed by atoms with Crippen molar-refractivity contribution in [3.05, 3.63) is 158 Å². The van der Waals surface area contributed by atoms with E-state index >= 15 is 0 Å². The summed E-state index contributed by atoms with van der Waals surface area (Å²) in [5.74, 6) is -0.946. The number of carbonyl (C=O) groups is 3. The molecule has 0 fully saturated rings. The highest BCUT2D eigenvalue weighted by atomic mass is 16.6. The molecule has 6 heteroatoms. The molecule has 0 aromatic carbocycles. The minimum Gasteiger partial charge on any atom is -0.462 e. The van der Waals surface area contributed by atoms with Crippen molar-refractivity contribution >= 4 is 17.9 Å². The van der Waals surface area contributed by atoms with E-state index in [-0.39, 0.29) is 31.1 Å². The zero-order valence-corrected chi connectivity index (χ0v) is 49.4. The van der Waals surface area contributed by atoms with E-state index in [1.165, 1.54) is 44.9 Å². The van der Waals surface area contributed by atoms with Crippen LogP contribution in [-0.2, 0) is 28.6 Å². The zero-order chi connectivity index (χ0) is 55.7. The summed E-state index contributed by atoms with van der Waals surface area (Å²) in [6, 6.07) is 0. The molecule has 0 saturated carbocycles. The second-order valence-electron chi connectivity index (χ2n) is 19.9. The molecule has 0 radical (unpaired) electrons. The van der Waals surface area contributed by atoms with Crippen molar-refractivity contribution in [3.63, 3.8) is 0 Å². The second-order valence-corrected chi connectivity index (χ2v) is 19.9. The summed E-state index contributed by atoms with van der Waals surface area (Å²) in [6.45, 7) is 6.33. The maximum Gasteiger partial charge on any atom is 0.306 e. The Morgan fingerprint density at radius 2 is 0.506 bits per heavy atom. The molecule has 432 valence electrons. The Hall–Kier alpha value is -4.97. The van der Waals surface area contributed by atoms with Crippen LogP contribution in [0, 0.1) is 0 Å². The van der Waals surface area contributed by atoms with Gasteiger partial charge in [0.1, 0.15) is 13.2 Å². The quantitative estimate of drug-likeness (QED) is 0.0261. The Bertz CT molecular complexity index is 1740. The highest BCUT2D eigenvalue weighted by Gasteiger charge is 2.19. The molecule has 1 unspecified atom stereocenters. The Kier molecular flexibility index (Phi) is 59.5. The molecule has 0 heterocycles. The Morgan fingerprint density at radius 1 is 0.273 bits per heavy atom. The number of allylic oxidation sites excluding steroid dienone is 26. The fourth-order valence-corrected chi connectivity index (χ4v) is 7.95. The molecule has 0 N–H and O–H groups in total. The molecule has 0 aliphatic rings. The number of rotatable bonds is 54. The van der Waals surface area contributed by atoms with Gasteiger partial charge in [0, 0.05) is 19.3 Å². The first-order valence-corrected chi connectivity index (χ1v) is 31.0. The Morgan fingerprint density at radius 3 is 0.792 bits per heavy atom.